The number of aromatic amines is 1. The van der Waals surface area contributed by atoms with Gasteiger partial charge >= 0.3 is 6.03 Å². The van der Waals surface area contributed by atoms with Crippen molar-refractivity contribution in [1.82, 2.24) is 20.1 Å². The van der Waals surface area contributed by atoms with E-state index in [1.807, 2.05) is 0 Å². The van der Waals surface area contributed by atoms with Crippen LogP contribution in [0.5, 0.6) is 0 Å². The molecule has 1 aliphatic rings. The summed E-state index contributed by atoms with van der Waals surface area (Å²) < 4.78 is 0. The Labute approximate surface area is 106 Å². The van der Waals surface area contributed by atoms with E-state index in [-0.39, 0.29) is 18.0 Å². The van der Waals surface area contributed by atoms with Crippen molar-refractivity contribution >= 4 is 11.9 Å². The highest BCUT2D eigenvalue weighted by atomic mass is 16.2. The van der Waals surface area contributed by atoms with Crippen LogP contribution in [0, 0.1) is 0 Å². The molecule has 3 amide bonds. The topological polar surface area (TPSA) is 68.4 Å². The molecule has 1 fully saturated rings. The lowest BCUT2D eigenvalue weighted by Crippen LogP contribution is -2.41. The van der Waals surface area contributed by atoms with E-state index in [1.165, 1.54) is 0 Å². The highest BCUT2D eigenvalue weighted by molar-refractivity contribution is 5.94. The van der Waals surface area contributed by atoms with Crippen LogP contribution in [-0.4, -0.2) is 59.9 Å². The van der Waals surface area contributed by atoms with Gasteiger partial charge in [-0.3, -0.25) is 4.79 Å². The number of carbonyl (C=O) groups is 2. The van der Waals surface area contributed by atoms with E-state index in [2.05, 4.69) is 10.3 Å². The Morgan fingerprint density at radius 2 is 2.28 bits per heavy atom. The fourth-order valence-electron chi connectivity index (χ4n) is 2.07. The fraction of sp³-hybridized carbons (Fsp3) is 0.500. The van der Waals surface area contributed by atoms with E-state index in [0.29, 0.717) is 18.7 Å². The van der Waals surface area contributed by atoms with Crippen molar-refractivity contribution in [2.24, 2.45) is 0 Å². The summed E-state index contributed by atoms with van der Waals surface area (Å²) in [6, 6.07) is 1.76. The third kappa shape index (κ3) is 2.64. The summed E-state index contributed by atoms with van der Waals surface area (Å²) >= 11 is 0. The van der Waals surface area contributed by atoms with Crippen molar-refractivity contribution in [3.05, 3.63) is 24.0 Å². The number of urea groups is 1. The minimum atomic E-state index is -0.0968. The second-order valence-corrected chi connectivity index (χ2v) is 4.68. The quantitative estimate of drug-likeness (QED) is 0.802. The molecule has 0 radical (unpaired) electrons. The van der Waals surface area contributed by atoms with Gasteiger partial charge in [0.05, 0.1) is 5.56 Å². The summed E-state index contributed by atoms with van der Waals surface area (Å²) in [6.45, 7) is 1.27. The zero-order valence-electron chi connectivity index (χ0n) is 10.6. The summed E-state index contributed by atoms with van der Waals surface area (Å²) in [4.78, 5) is 29.7. The highest BCUT2D eigenvalue weighted by Gasteiger charge is 2.28. The minimum Gasteiger partial charge on any atom is -0.367 e. The molecule has 6 heteroatoms. The monoisotopic (exact) mass is 250 g/mol. The molecule has 18 heavy (non-hydrogen) atoms. The number of likely N-dealkylation sites (tertiary alicyclic amines) is 1. The normalized spacial score (nSPS) is 18.8. The molecule has 0 bridgehead atoms. The summed E-state index contributed by atoms with van der Waals surface area (Å²) in [5, 5.41) is 2.93. The van der Waals surface area contributed by atoms with E-state index >= 15 is 0 Å². The first kappa shape index (κ1) is 12.5. The Bertz CT molecular complexity index is 427. The van der Waals surface area contributed by atoms with Gasteiger partial charge < -0.3 is 20.1 Å². The average molecular weight is 250 g/mol. The summed E-state index contributed by atoms with van der Waals surface area (Å²) in [6.07, 6.45) is 4.17. The number of aromatic nitrogens is 1. The molecule has 0 saturated carbocycles. The standard InChI is InChI=1S/C12H18N4O2/c1-15(2)12(18)16-6-4-10(8-16)14-11(17)9-3-5-13-7-9/h3,5,7,10,13H,4,6,8H2,1-2H3,(H,14,17)/t10-/m0/s1. The van der Waals surface area contributed by atoms with Crippen molar-refractivity contribution in [1.29, 1.82) is 0 Å². The number of amides is 3. The number of H-pyrrole nitrogens is 1. The minimum absolute atomic E-state index is 0.00612. The predicted molar refractivity (Wildman–Crippen MR) is 67.3 cm³/mol. The van der Waals surface area contributed by atoms with Crippen LogP contribution in [-0.2, 0) is 0 Å². The maximum absolute atomic E-state index is 11.8. The zero-order valence-corrected chi connectivity index (χ0v) is 10.6. The predicted octanol–water partition coefficient (Wildman–Crippen LogP) is 0.500. The maximum Gasteiger partial charge on any atom is 0.319 e. The molecule has 6 nitrogen and oxygen atoms in total. The van der Waals surface area contributed by atoms with Crippen LogP contribution in [0.3, 0.4) is 0 Å². The number of hydrogen-bond acceptors (Lipinski definition) is 2. The van der Waals surface area contributed by atoms with Gasteiger partial charge in [-0.05, 0) is 12.5 Å². The van der Waals surface area contributed by atoms with Crippen molar-refractivity contribution in [3.63, 3.8) is 0 Å². The molecule has 0 aromatic carbocycles. The molecular weight excluding hydrogens is 232 g/mol. The molecule has 1 aromatic rings. The average Bonchev–Trinajstić information content (AvgIpc) is 2.98. The number of nitrogens with zero attached hydrogens (tertiary/aromatic N) is 2. The lowest BCUT2D eigenvalue weighted by Gasteiger charge is -2.21. The molecule has 98 valence electrons. The SMILES string of the molecule is CN(C)C(=O)N1CC[C@H](NC(=O)c2cc[nH]c2)C1. The van der Waals surface area contributed by atoms with Gasteiger partial charge in [0, 0.05) is 45.6 Å². The number of rotatable bonds is 2. The Morgan fingerprint density at radius 3 is 2.89 bits per heavy atom. The first-order valence-electron chi connectivity index (χ1n) is 5.98. The van der Waals surface area contributed by atoms with Gasteiger partial charge in [0.25, 0.3) is 5.91 Å². The molecule has 2 heterocycles. The number of nitrogens with one attached hydrogen (secondary N) is 2. The number of hydrogen-bond donors (Lipinski definition) is 2. The zero-order chi connectivity index (χ0) is 13.1. The molecule has 1 atom stereocenters. The molecule has 2 rings (SSSR count). The second kappa shape index (κ2) is 5.12. The Balaban J connectivity index is 1.86. The summed E-state index contributed by atoms with van der Waals surface area (Å²) in [7, 11) is 3.46. The van der Waals surface area contributed by atoms with E-state index in [4.69, 9.17) is 0 Å². The van der Waals surface area contributed by atoms with Gasteiger partial charge in [0.1, 0.15) is 0 Å². The lowest BCUT2D eigenvalue weighted by molar-refractivity contribution is 0.0937. The van der Waals surface area contributed by atoms with E-state index in [1.54, 1.807) is 42.4 Å². The van der Waals surface area contributed by atoms with Crippen molar-refractivity contribution in [2.45, 2.75) is 12.5 Å². The molecular formula is C12H18N4O2. The van der Waals surface area contributed by atoms with Crippen LogP contribution in [0.1, 0.15) is 16.8 Å². The van der Waals surface area contributed by atoms with Gasteiger partial charge in [0.15, 0.2) is 0 Å². The molecule has 1 aromatic heterocycles. The molecule has 0 spiro atoms. The van der Waals surface area contributed by atoms with Crippen LogP contribution in [0.2, 0.25) is 0 Å². The van der Waals surface area contributed by atoms with Gasteiger partial charge in [-0.25, -0.2) is 4.79 Å². The lowest BCUT2D eigenvalue weighted by atomic mass is 10.2. The van der Waals surface area contributed by atoms with Crippen LogP contribution in [0.15, 0.2) is 18.5 Å². The largest absolute Gasteiger partial charge is 0.367 e. The van der Waals surface area contributed by atoms with Crippen LogP contribution >= 0.6 is 0 Å². The van der Waals surface area contributed by atoms with Gasteiger partial charge in [0.2, 0.25) is 0 Å². The third-order valence-electron chi connectivity index (χ3n) is 3.04. The molecule has 2 N–H and O–H groups in total. The van der Waals surface area contributed by atoms with E-state index in [0.717, 1.165) is 6.42 Å². The van der Waals surface area contributed by atoms with Gasteiger partial charge in [-0.2, -0.15) is 0 Å². The molecule has 0 aliphatic carbocycles. The van der Waals surface area contributed by atoms with Crippen molar-refractivity contribution in [3.8, 4) is 0 Å². The van der Waals surface area contributed by atoms with E-state index in [9.17, 15) is 9.59 Å². The van der Waals surface area contributed by atoms with Crippen molar-refractivity contribution in [2.75, 3.05) is 27.2 Å². The van der Waals surface area contributed by atoms with Gasteiger partial charge in [-0.15, -0.1) is 0 Å². The van der Waals surface area contributed by atoms with E-state index < -0.39 is 0 Å². The molecule has 1 saturated heterocycles. The fourth-order valence-corrected chi connectivity index (χ4v) is 2.07. The van der Waals surface area contributed by atoms with Crippen molar-refractivity contribution < 1.29 is 9.59 Å². The second-order valence-electron chi connectivity index (χ2n) is 4.68. The molecule has 0 unspecified atom stereocenters. The van der Waals surface area contributed by atoms with Crippen LogP contribution < -0.4 is 5.32 Å². The third-order valence-corrected chi connectivity index (χ3v) is 3.04. The Kier molecular flexibility index (Phi) is 3.55. The first-order valence-corrected chi connectivity index (χ1v) is 5.98. The summed E-state index contributed by atoms with van der Waals surface area (Å²) in [5.74, 6) is -0.0968. The Morgan fingerprint density at radius 1 is 1.50 bits per heavy atom. The maximum atomic E-state index is 11.8. The van der Waals surface area contributed by atoms with Crippen LogP contribution in [0.25, 0.3) is 0 Å². The first-order chi connectivity index (χ1) is 8.58. The summed E-state index contributed by atoms with van der Waals surface area (Å²) in [5.41, 5.74) is 0.618. The smallest absolute Gasteiger partial charge is 0.319 e. The van der Waals surface area contributed by atoms with Gasteiger partial charge in [-0.1, -0.05) is 0 Å². The highest BCUT2D eigenvalue weighted by Crippen LogP contribution is 2.11. The van der Waals surface area contributed by atoms with Crippen LogP contribution in [0.4, 0.5) is 4.79 Å². The Hall–Kier alpha value is -1.98. The molecule has 1 aliphatic heterocycles. The number of carbonyl (C=O) groups excluding carboxylic acids is 2.